The highest BCUT2D eigenvalue weighted by Gasteiger charge is 2.81. The molecule has 3 fully saturated rings. The number of fused-ring (bicyclic) bond motifs is 3. The quantitative estimate of drug-likeness (QED) is 0.202. The van der Waals surface area contributed by atoms with Crippen LogP contribution < -0.4 is 0 Å². The summed E-state index contributed by atoms with van der Waals surface area (Å²) in [7, 11) is 0. The van der Waals surface area contributed by atoms with Crippen LogP contribution in [0.4, 0.5) is 0 Å². The number of carbonyl (C=O) groups excluding carboxylic acids is 7. The molecular formula is C35H46O16. The zero-order chi connectivity index (χ0) is 38.2. The van der Waals surface area contributed by atoms with Gasteiger partial charge in [0.2, 0.25) is 0 Å². The maximum atomic E-state index is 13.4. The second-order valence-electron chi connectivity index (χ2n) is 14.1. The Balaban J connectivity index is 2.15. The maximum Gasteiger partial charge on any atom is 0.312 e. The van der Waals surface area contributed by atoms with Crippen LogP contribution in [0.1, 0.15) is 68.7 Å². The third kappa shape index (κ3) is 7.66. The van der Waals surface area contributed by atoms with Gasteiger partial charge in [0.05, 0.1) is 17.9 Å². The van der Waals surface area contributed by atoms with Crippen LogP contribution in [0.3, 0.4) is 0 Å². The van der Waals surface area contributed by atoms with Gasteiger partial charge in [-0.25, -0.2) is 0 Å². The summed E-state index contributed by atoms with van der Waals surface area (Å²) in [5.74, 6) is -8.76. The molecule has 2 aliphatic heterocycles. The molecule has 0 aromatic heterocycles. The molecule has 0 aromatic carbocycles. The van der Waals surface area contributed by atoms with Crippen molar-refractivity contribution in [1.29, 1.82) is 0 Å². The second kappa shape index (κ2) is 14.7. The molecule has 51 heavy (non-hydrogen) atoms. The zero-order valence-corrected chi connectivity index (χ0v) is 30.1. The molecule has 0 radical (unpaired) electrons. The van der Waals surface area contributed by atoms with Gasteiger partial charge in [-0.05, 0) is 30.6 Å². The number of ether oxygens (including phenoxy) is 8. The van der Waals surface area contributed by atoms with Gasteiger partial charge in [-0.2, -0.15) is 0 Å². The maximum absolute atomic E-state index is 13.4. The van der Waals surface area contributed by atoms with Crippen molar-refractivity contribution in [2.45, 2.75) is 117 Å². The van der Waals surface area contributed by atoms with Crippen molar-refractivity contribution in [3.8, 4) is 0 Å². The van der Waals surface area contributed by atoms with Crippen LogP contribution in [-0.4, -0.2) is 108 Å². The van der Waals surface area contributed by atoms with Crippen molar-refractivity contribution < 1.29 is 76.6 Å². The monoisotopic (exact) mass is 722 g/mol. The van der Waals surface area contributed by atoms with E-state index in [-0.39, 0.29) is 31.1 Å². The molecule has 1 spiro atoms. The third-order valence-corrected chi connectivity index (χ3v) is 9.79. The first-order chi connectivity index (χ1) is 23.7. The van der Waals surface area contributed by atoms with Crippen molar-refractivity contribution >= 4 is 41.8 Å². The molecule has 0 bridgehead atoms. The zero-order valence-electron chi connectivity index (χ0n) is 30.1. The van der Waals surface area contributed by atoms with E-state index in [2.05, 4.69) is 0 Å². The van der Waals surface area contributed by atoms with Gasteiger partial charge in [0, 0.05) is 47.0 Å². The molecule has 16 heteroatoms. The number of carbonyl (C=O) groups is 7. The van der Waals surface area contributed by atoms with Crippen molar-refractivity contribution in [2.75, 3.05) is 13.2 Å². The fraction of sp³-hybridized carbons (Fsp3) is 0.686. The molecular weight excluding hydrogens is 676 g/mol. The van der Waals surface area contributed by atoms with E-state index in [1.54, 1.807) is 13.8 Å². The topological polar surface area (TPSA) is 217 Å². The highest BCUT2D eigenvalue weighted by molar-refractivity contribution is 5.78. The summed E-state index contributed by atoms with van der Waals surface area (Å²) in [5.41, 5.74) is -5.91. The van der Waals surface area contributed by atoms with Crippen LogP contribution in [0.5, 0.6) is 0 Å². The lowest BCUT2D eigenvalue weighted by molar-refractivity contribution is -0.279. The minimum atomic E-state index is -2.43. The van der Waals surface area contributed by atoms with E-state index in [4.69, 9.17) is 37.9 Å². The average molecular weight is 723 g/mol. The van der Waals surface area contributed by atoms with Gasteiger partial charge < -0.3 is 43.0 Å². The first-order valence-electron chi connectivity index (χ1n) is 16.7. The highest BCUT2D eigenvalue weighted by atomic mass is 16.7. The van der Waals surface area contributed by atoms with E-state index in [9.17, 15) is 38.7 Å². The fourth-order valence-electron chi connectivity index (χ4n) is 7.63. The lowest BCUT2D eigenvalue weighted by Crippen LogP contribution is -2.76. The Morgan fingerprint density at radius 3 is 1.92 bits per heavy atom. The molecule has 282 valence electrons. The molecule has 1 N–H and O–H groups in total. The van der Waals surface area contributed by atoms with E-state index < -0.39 is 107 Å². The number of esters is 7. The number of hydrogen-bond acceptors (Lipinski definition) is 16. The predicted molar refractivity (Wildman–Crippen MR) is 170 cm³/mol. The molecule has 2 heterocycles. The van der Waals surface area contributed by atoms with Gasteiger partial charge in [0.1, 0.15) is 24.4 Å². The summed E-state index contributed by atoms with van der Waals surface area (Å²) in [6.07, 6.45) is -5.58. The van der Waals surface area contributed by atoms with Gasteiger partial charge in [-0.3, -0.25) is 33.6 Å². The second-order valence-corrected chi connectivity index (χ2v) is 14.1. The number of aliphatic hydroxyl groups is 1. The molecule has 16 nitrogen and oxygen atoms in total. The first-order valence-corrected chi connectivity index (χ1v) is 16.7. The predicted octanol–water partition coefficient (Wildman–Crippen LogP) is 1.43. The molecule has 2 saturated heterocycles. The van der Waals surface area contributed by atoms with Crippen LogP contribution in [-0.2, 0) is 71.5 Å². The van der Waals surface area contributed by atoms with Crippen LogP contribution in [0.25, 0.3) is 0 Å². The molecule has 11 unspecified atom stereocenters. The summed E-state index contributed by atoms with van der Waals surface area (Å²) in [5, 5.41) is 12.8. The largest absolute Gasteiger partial charge is 0.461 e. The third-order valence-electron chi connectivity index (χ3n) is 9.79. The summed E-state index contributed by atoms with van der Waals surface area (Å²) in [6, 6.07) is 0. The van der Waals surface area contributed by atoms with E-state index >= 15 is 0 Å². The van der Waals surface area contributed by atoms with Crippen molar-refractivity contribution in [2.24, 2.45) is 23.2 Å². The Morgan fingerprint density at radius 2 is 1.41 bits per heavy atom. The van der Waals surface area contributed by atoms with Crippen molar-refractivity contribution in [3.05, 3.63) is 23.8 Å². The molecule has 4 aliphatic rings. The minimum absolute atomic E-state index is 0.0872. The molecule has 0 amide bonds. The van der Waals surface area contributed by atoms with Crippen LogP contribution in [0.2, 0.25) is 0 Å². The number of epoxide rings is 1. The van der Waals surface area contributed by atoms with E-state index in [1.165, 1.54) is 39.0 Å². The summed E-state index contributed by atoms with van der Waals surface area (Å²) in [4.78, 5) is 90.0. The molecule has 2 aliphatic carbocycles. The van der Waals surface area contributed by atoms with Crippen LogP contribution >= 0.6 is 0 Å². The molecule has 0 aromatic rings. The van der Waals surface area contributed by atoms with E-state index in [0.29, 0.717) is 0 Å². The molecule has 1 saturated carbocycles. The van der Waals surface area contributed by atoms with Gasteiger partial charge in [-0.1, -0.05) is 26.8 Å². The van der Waals surface area contributed by atoms with Gasteiger partial charge in [0.15, 0.2) is 30.0 Å². The summed E-state index contributed by atoms with van der Waals surface area (Å²) < 4.78 is 46.6. The molecule has 4 rings (SSSR count). The molecule has 11 atom stereocenters. The highest BCUT2D eigenvalue weighted by Crippen LogP contribution is 2.63. The Labute approximate surface area is 295 Å². The van der Waals surface area contributed by atoms with Crippen LogP contribution in [0.15, 0.2) is 23.8 Å². The summed E-state index contributed by atoms with van der Waals surface area (Å²) in [6.45, 7) is 11.3. The van der Waals surface area contributed by atoms with Gasteiger partial charge in [0.25, 0.3) is 0 Å². The number of hydrogen-bond donors (Lipinski definition) is 1. The Morgan fingerprint density at radius 1 is 0.863 bits per heavy atom. The normalized spacial score (nSPS) is 36.8. The Bertz CT molecular complexity index is 1510. The lowest BCUT2D eigenvalue weighted by Gasteiger charge is -2.59. The minimum Gasteiger partial charge on any atom is -0.461 e. The van der Waals surface area contributed by atoms with Crippen LogP contribution in [0, 0.1) is 23.2 Å². The Kier molecular flexibility index (Phi) is 11.4. The van der Waals surface area contributed by atoms with Crippen molar-refractivity contribution in [1.82, 2.24) is 0 Å². The van der Waals surface area contributed by atoms with Crippen molar-refractivity contribution in [3.63, 3.8) is 0 Å². The standard InChI is InChI=1S/C35H46O16/c1-16(2)12-26(41)51-27-29(47-20(6)38)33(9)24(46-19(5)37)11-10-23(14-44-18(4)36)13-25-35(43,17(3)32(42)50-25)31(49-22(8)40)28(33)34(15-45-34)30(27)48-21(7)39/h10-11,13,16-17,24-25,27-31,43H,12,14-15H2,1-9H3. The fourth-order valence-corrected chi connectivity index (χ4v) is 7.63. The van der Waals surface area contributed by atoms with Gasteiger partial charge in [-0.15, -0.1) is 0 Å². The van der Waals surface area contributed by atoms with E-state index in [1.807, 2.05) is 0 Å². The smallest absolute Gasteiger partial charge is 0.312 e. The average Bonchev–Trinajstić information content (AvgIpc) is 3.75. The first kappa shape index (κ1) is 39.5. The SMILES string of the molecule is CC(=O)OCC1=CC2OC(=O)C(C)C2(O)C(OC(C)=O)C2C3(CO3)C(OC(C)=O)C(OC(=O)CC(C)C)C(OC(C)=O)C2(C)C(OC(C)=O)C=C1. The van der Waals surface area contributed by atoms with Gasteiger partial charge >= 0.3 is 41.8 Å². The summed E-state index contributed by atoms with van der Waals surface area (Å²) >= 11 is 0. The number of rotatable bonds is 9. The van der Waals surface area contributed by atoms with E-state index in [0.717, 1.165) is 27.7 Å². The Hall–Kier alpha value is -4.31. The lowest BCUT2D eigenvalue weighted by atomic mass is 9.51.